The fourth-order valence-corrected chi connectivity index (χ4v) is 3.07. The third-order valence-electron chi connectivity index (χ3n) is 4.35. The van der Waals surface area contributed by atoms with E-state index in [2.05, 4.69) is 16.4 Å². The van der Waals surface area contributed by atoms with Crippen LogP contribution < -0.4 is 21.1 Å². The highest BCUT2D eigenvalue weighted by Gasteiger charge is 2.20. The lowest BCUT2D eigenvalue weighted by Gasteiger charge is -2.19. The molecule has 0 bridgehead atoms. The molecule has 0 radical (unpaired) electrons. The van der Waals surface area contributed by atoms with Crippen molar-refractivity contribution in [1.82, 2.24) is 10.6 Å². The van der Waals surface area contributed by atoms with Crippen LogP contribution in [0.1, 0.15) is 19.4 Å². The average Bonchev–Trinajstić information content (AvgIpc) is 2.77. The first-order valence-corrected chi connectivity index (χ1v) is 12.1. The number of quaternary nitrogens is 1. The monoisotopic (exact) mass is 456 g/mol. The Kier molecular flexibility index (Phi) is 15.0. The van der Waals surface area contributed by atoms with Gasteiger partial charge in [0.15, 0.2) is 12.4 Å². The molecule has 1 aromatic rings. The van der Waals surface area contributed by atoms with Crippen LogP contribution in [0, 0.1) is 5.92 Å². The Morgan fingerprint density at radius 1 is 1.06 bits per heavy atom. The molecule has 9 heteroatoms. The molecule has 0 fully saturated rings. The molecular weight excluding hydrogens is 418 g/mol. The smallest absolute Gasteiger partial charge is 0.258 e. The van der Waals surface area contributed by atoms with E-state index >= 15 is 0 Å². The zero-order valence-corrected chi connectivity index (χ0v) is 19.8. The fraction of sp³-hybridized carbons (Fsp3) is 0.636. The third-order valence-corrected chi connectivity index (χ3v) is 4.80. The summed E-state index contributed by atoms with van der Waals surface area (Å²) in [6.45, 7) is 7.03. The van der Waals surface area contributed by atoms with Crippen molar-refractivity contribution < 1.29 is 29.5 Å². The zero-order valence-electron chi connectivity index (χ0n) is 19.0. The molecule has 0 saturated carbocycles. The highest BCUT2D eigenvalue weighted by atomic mass is 32.2. The summed E-state index contributed by atoms with van der Waals surface area (Å²) in [5, 5.41) is 6.05. The van der Waals surface area contributed by atoms with Crippen LogP contribution in [0.3, 0.4) is 0 Å². The molecule has 1 atom stereocenters. The first-order valence-electron chi connectivity index (χ1n) is 10.7. The van der Waals surface area contributed by atoms with E-state index in [0.717, 1.165) is 18.0 Å². The number of nitrogens with one attached hydrogen (secondary N) is 2. The van der Waals surface area contributed by atoms with Gasteiger partial charge in [0.05, 0.1) is 39.0 Å². The lowest BCUT2D eigenvalue weighted by Crippen LogP contribution is -2.52. The molecule has 1 aromatic carbocycles. The largest absolute Gasteiger partial charge is 0.484 e. The maximum atomic E-state index is 12.4. The topological polar surface area (TPSA) is 114 Å². The van der Waals surface area contributed by atoms with Crippen molar-refractivity contribution >= 4 is 23.5 Å². The van der Waals surface area contributed by atoms with Gasteiger partial charge in [-0.25, -0.2) is 0 Å². The number of amides is 1. The molecule has 0 aliphatic carbocycles. The van der Waals surface area contributed by atoms with E-state index in [1.54, 1.807) is 11.8 Å². The molecule has 0 aliphatic rings. The molecule has 0 saturated heterocycles. The SMILES string of the molecule is CSCNC(Cc1ccc(OCC(=O)NCCOCCOCC[NH3+])cc1)C(=O)C(C)C. The second-order valence-electron chi connectivity index (χ2n) is 7.31. The van der Waals surface area contributed by atoms with Gasteiger partial charge < -0.3 is 25.3 Å². The van der Waals surface area contributed by atoms with Crippen molar-refractivity contribution in [2.24, 2.45) is 5.92 Å². The summed E-state index contributed by atoms with van der Waals surface area (Å²) in [6.07, 6.45) is 2.62. The zero-order chi connectivity index (χ0) is 22.9. The van der Waals surface area contributed by atoms with E-state index in [1.165, 1.54) is 0 Å². The molecular formula is C22H38N3O5S+. The van der Waals surface area contributed by atoms with Gasteiger partial charge in [0.25, 0.3) is 5.91 Å². The molecule has 0 spiro atoms. The van der Waals surface area contributed by atoms with E-state index in [0.29, 0.717) is 45.1 Å². The fourth-order valence-electron chi connectivity index (χ4n) is 2.70. The van der Waals surface area contributed by atoms with Gasteiger partial charge in [-0.15, -0.1) is 11.8 Å². The predicted molar refractivity (Wildman–Crippen MR) is 123 cm³/mol. The molecule has 1 amide bonds. The molecule has 8 nitrogen and oxygen atoms in total. The minimum atomic E-state index is -0.206. The lowest BCUT2D eigenvalue weighted by molar-refractivity contribution is -0.374. The summed E-state index contributed by atoms with van der Waals surface area (Å²) in [5.74, 6) is 1.33. The minimum Gasteiger partial charge on any atom is -0.484 e. The van der Waals surface area contributed by atoms with Crippen LogP contribution >= 0.6 is 11.8 Å². The van der Waals surface area contributed by atoms with Crippen molar-refractivity contribution in [3.63, 3.8) is 0 Å². The van der Waals surface area contributed by atoms with Gasteiger partial charge in [0, 0.05) is 18.3 Å². The van der Waals surface area contributed by atoms with Crippen LogP contribution in [0.25, 0.3) is 0 Å². The first kappa shape index (κ1) is 27.4. The summed E-state index contributed by atoms with van der Waals surface area (Å²) in [4.78, 5) is 24.3. The number of carbonyl (C=O) groups excluding carboxylic acids is 2. The Bertz CT molecular complexity index is 628. The molecule has 1 rings (SSSR count). The molecule has 0 aliphatic heterocycles. The standard InChI is InChI=1S/C22H37N3O5S/c1-17(2)22(27)20(25-16-31-3)14-18-4-6-19(7-5-18)30-15-21(26)24-9-11-29-13-12-28-10-8-23/h4-7,17,20,25H,8-16,23H2,1-3H3,(H,24,26)/p+1. The normalized spacial score (nSPS) is 12.0. The Morgan fingerprint density at radius 3 is 2.35 bits per heavy atom. The number of carbonyl (C=O) groups is 2. The second kappa shape index (κ2) is 17.0. The van der Waals surface area contributed by atoms with Crippen molar-refractivity contribution in [3.8, 4) is 5.75 Å². The second-order valence-corrected chi connectivity index (χ2v) is 8.18. The number of thioether (sulfide) groups is 1. The Balaban J connectivity index is 2.31. The Hall–Kier alpha value is -1.65. The van der Waals surface area contributed by atoms with Crippen molar-refractivity contribution in [1.29, 1.82) is 0 Å². The third kappa shape index (κ3) is 12.7. The van der Waals surface area contributed by atoms with E-state index in [4.69, 9.17) is 14.2 Å². The highest BCUT2D eigenvalue weighted by Crippen LogP contribution is 2.15. The van der Waals surface area contributed by atoms with Gasteiger partial charge in [-0.1, -0.05) is 26.0 Å². The molecule has 0 aromatic heterocycles. The average molecular weight is 457 g/mol. The first-order chi connectivity index (χ1) is 15.0. The maximum absolute atomic E-state index is 12.4. The Morgan fingerprint density at radius 2 is 1.74 bits per heavy atom. The van der Waals surface area contributed by atoms with Crippen LogP contribution in [0.15, 0.2) is 24.3 Å². The summed E-state index contributed by atoms with van der Waals surface area (Å²) in [6, 6.07) is 7.30. The number of hydrogen-bond donors (Lipinski definition) is 3. The molecule has 1 unspecified atom stereocenters. The van der Waals surface area contributed by atoms with Gasteiger partial charge in [-0.2, -0.15) is 0 Å². The van der Waals surface area contributed by atoms with Crippen LogP contribution in [0.5, 0.6) is 5.75 Å². The van der Waals surface area contributed by atoms with Crippen LogP contribution in [-0.4, -0.2) is 76.0 Å². The lowest BCUT2D eigenvalue weighted by atomic mass is 9.96. The number of Topliss-reactive ketones (excluding diaryl/α,β-unsaturated/α-hetero) is 1. The summed E-state index contributed by atoms with van der Waals surface area (Å²) < 4.78 is 16.1. The van der Waals surface area contributed by atoms with Crippen LogP contribution in [-0.2, 0) is 25.5 Å². The molecule has 31 heavy (non-hydrogen) atoms. The highest BCUT2D eigenvalue weighted by molar-refractivity contribution is 7.98. The van der Waals surface area contributed by atoms with E-state index in [1.807, 2.05) is 44.4 Å². The predicted octanol–water partition coefficient (Wildman–Crippen LogP) is 0.503. The Labute approximate surface area is 189 Å². The number of ether oxygens (including phenoxy) is 3. The van der Waals surface area contributed by atoms with E-state index in [9.17, 15) is 9.59 Å². The van der Waals surface area contributed by atoms with Gasteiger partial charge >= 0.3 is 0 Å². The van der Waals surface area contributed by atoms with Crippen LogP contribution in [0.4, 0.5) is 0 Å². The van der Waals surface area contributed by atoms with Crippen molar-refractivity contribution in [2.45, 2.75) is 26.3 Å². The number of hydrogen-bond acceptors (Lipinski definition) is 7. The minimum absolute atomic E-state index is 0.0159. The molecule has 176 valence electrons. The van der Waals surface area contributed by atoms with Crippen molar-refractivity contribution in [2.75, 3.05) is 58.3 Å². The van der Waals surface area contributed by atoms with Gasteiger partial charge in [-0.3, -0.25) is 14.9 Å². The van der Waals surface area contributed by atoms with Gasteiger partial charge in [-0.05, 0) is 30.4 Å². The number of benzene rings is 1. The summed E-state index contributed by atoms with van der Waals surface area (Å²) in [7, 11) is 0. The number of ketones is 1. The van der Waals surface area contributed by atoms with Gasteiger partial charge in [0.2, 0.25) is 0 Å². The molecule has 5 N–H and O–H groups in total. The van der Waals surface area contributed by atoms with E-state index < -0.39 is 0 Å². The maximum Gasteiger partial charge on any atom is 0.258 e. The van der Waals surface area contributed by atoms with Crippen molar-refractivity contribution in [3.05, 3.63) is 29.8 Å². The van der Waals surface area contributed by atoms with E-state index in [-0.39, 0.29) is 30.3 Å². The van der Waals surface area contributed by atoms with Gasteiger partial charge in [0.1, 0.15) is 5.75 Å². The number of rotatable bonds is 18. The summed E-state index contributed by atoms with van der Waals surface area (Å²) in [5.41, 5.74) is 4.73. The molecule has 0 heterocycles. The van der Waals surface area contributed by atoms with Crippen LogP contribution in [0.2, 0.25) is 0 Å². The summed E-state index contributed by atoms with van der Waals surface area (Å²) >= 11 is 1.66. The quantitative estimate of drug-likeness (QED) is 0.218.